The fraction of sp³-hybridized carbons (Fsp3) is 0.567. The Morgan fingerprint density at radius 2 is 1.58 bits per heavy atom. The number of primary amides is 1. The van der Waals surface area contributed by atoms with Gasteiger partial charge in [-0.3, -0.25) is 24.5 Å². The molecule has 43 heavy (non-hydrogen) atoms. The number of para-hydroxylation sites is 1. The van der Waals surface area contributed by atoms with Crippen LogP contribution in [0.1, 0.15) is 46.6 Å². The minimum absolute atomic E-state index is 0.112. The lowest BCUT2D eigenvalue weighted by Gasteiger charge is -2.29. The van der Waals surface area contributed by atoms with Crippen molar-refractivity contribution in [2.75, 3.05) is 12.0 Å². The number of H-pyrrole nitrogens is 1. The molecule has 0 aliphatic heterocycles. The summed E-state index contributed by atoms with van der Waals surface area (Å²) in [4.78, 5) is 67.1. The molecule has 0 bridgehead atoms. The predicted molar refractivity (Wildman–Crippen MR) is 168 cm³/mol. The summed E-state index contributed by atoms with van der Waals surface area (Å²) in [7, 11) is 0. The van der Waals surface area contributed by atoms with Gasteiger partial charge in [-0.05, 0) is 43.1 Å². The van der Waals surface area contributed by atoms with Crippen LogP contribution in [0, 0.1) is 11.8 Å². The van der Waals surface area contributed by atoms with Gasteiger partial charge in [-0.2, -0.15) is 11.8 Å². The first-order valence-electron chi connectivity index (χ1n) is 14.4. The number of nitrogens with two attached hydrogens (primary N) is 1. The normalized spacial score (nSPS) is 15.7. The highest BCUT2D eigenvalue weighted by atomic mass is 32.2. The Labute approximate surface area is 257 Å². The number of carbonyl (C=O) groups is 5. The van der Waals surface area contributed by atoms with Crippen LogP contribution in [-0.2, 0) is 30.4 Å². The van der Waals surface area contributed by atoms with E-state index in [1.54, 1.807) is 12.5 Å². The number of amides is 4. The van der Waals surface area contributed by atoms with Crippen molar-refractivity contribution < 1.29 is 29.1 Å². The van der Waals surface area contributed by atoms with Crippen LogP contribution >= 0.6 is 11.8 Å². The number of rotatable bonds is 18. The Balaban J connectivity index is 2.37. The summed E-state index contributed by atoms with van der Waals surface area (Å²) in [6.07, 6.45) is 3.72. The maximum atomic E-state index is 13.8. The van der Waals surface area contributed by atoms with E-state index in [4.69, 9.17) is 5.73 Å². The number of hydrogen-bond donors (Lipinski definition) is 7. The molecule has 0 saturated heterocycles. The maximum Gasteiger partial charge on any atom is 0.244 e. The van der Waals surface area contributed by atoms with Crippen LogP contribution in [-0.4, -0.2) is 88.3 Å². The minimum atomic E-state index is -1.34. The zero-order valence-electron chi connectivity index (χ0n) is 25.7. The number of aromatic nitrogens is 1. The largest absolute Gasteiger partial charge is 0.391 e. The number of aliphatic hydroxyl groups excluding tert-OH is 1. The molecular weight excluding hydrogens is 572 g/mol. The molecule has 0 saturated carbocycles. The smallest absolute Gasteiger partial charge is 0.244 e. The number of benzene rings is 1. The van der Waals surface area contributed by atoms with Crippen molar-refractivity contribution in [1.82, 2.24) is 26.3 Å². The first kappa shape index (κ1) is 35.8. The van der Waals surface area contributed by atoms with Crippen LogP contribution in [0.3, 0.4) is 0 Å². The van der Waals surface area contributed by atoms with E-state index in [-0.39, 0.29) is 24.0 Å². The van der Waals surface area contributed by atoms with Crippen molar-refractivity contribution in [3.63, 3.8) is 0 Å². The van der Waals surface area contributed by atoms with Crippen molar-refractivity contribution in [2.45, 2.75) is 83.8 Å². The molecule has 2 aromatic rings. The Hall–Kier alpha value is -3.42. The highest BCUT2D eigenvalue weighted by Gasteiger charge is 2.33. The molecule has 1 heterocycles. The van der Waals surface area contributed by atoms with Crippen LogP contribution in [0.25, 0.3) is 10.9 Å². The summed E-state index contributed by atoms with van der Waals surface area (Å²) in [6.45, 7) is 8.98. The molecule has 6 unspecified atom stereocenters. The lowest BCUT2D eigenvalue weighted by molar-refractivity contribution is -0.134. The molecule has 8 N–H and O–H groups in total. The van der Waals surface area contributed by atoms with Crippen molar-refractivity contribution in [3.05, 3.63) is 36.0 Å². The second-order valence-electron chi connectivity index (χ2n) is 11.5. The van der Waals surface area contributed by atoms with Gasteiger partial charge in [0.15, 0.2) is 0 Å². The number of hydrogen-bond acceptors (Lipinski definition) is 8. The Kier molecular flexibility index (Phi) is 14.2. The summed E-state index contributed by atoms with van der Waals surface area (Å²) in [5.41, 5.74) is 6.97. The third-order valence-corrected chi connectivity index (χ3v) is 7.68. The Bertz CT molecular complexity index is 1250. The number of aldehydes is 1. The summed E-state index contributed by atoms with van der Waals surface area (Å²) >= 11 is 1.29. The zero-order chi connectivity index (χ0) is 32.3. The van der Waals surface area contributed by atoms with Gasteiger partial charge in [0.05, 0.1) is 18.2 Å². The molecule has 4 amide bonds. The maximum absolute atomic E-state index is 13.8. The summed E-state index contributed by atoms with van der Waals surface area (Å²) in [5, 5.41) is 21.9. The number of fused-ring (bicyclic) bond motifs is 1. The molecule has 6 atom stereocenters. The predicted octanol–water partition coefficient (Wildman–Crippen LogP) is 0.622. The van der Waals surface area contributed by atoms with Gasteiger partial charge in [0.1, 0.15) is 24.4 Å². The lowest BCUT2D eigenvalue weighted by atomic mass is 9.98. The number of aliphatic hydroxyl groups is 1. The summed E-state index contributed by atoms with van der Waals surface area (Å²) in [5.74, 6) is -2.51. The average molecular weight is 619 g/mol. The van der Waals surface area contributed by atoms with Gasteiger partial charge in [-0.1, -0.05) is 45.9 Å². The summed E-state index contributed by atoms with van der Waals surface area (Å²) < 4.78 is 0. The van der Waals surface area contributed by atoms with Crippen LogP contribution in [0.2, 0.25) is 0 Å². The molecule has 0 spiro atoms. The van der Waals surface area contributed by atoms with Gasteiger partial charge in [-0.15, -0.1) is 0 Å². The molecule has 238 valence electrons. The topological polar surface area (TPSA) is 196 Å². The zero-order valence-corrected chi connectivity index (χ0v) is 26.5. The molecule has 1 aromatic carbocycles. The van der Waals surface area contributed by atoms with Gasteiger partial charge >= 0.3 is 0 Å². The Morgan fingerprint density at radius 3 is 2.14 bits per heavy atom. The number of nitrogens with one attached hydrogen (secondary N) is 5. The number of thioether (sulfide) groups is 1. The van der Waals surface area contributed by atoms with E-state index in [9.17, 15) is 29.1 Å². The third-order valence-electron chi connectivity index (χ3n) is 7.02. The van der Waals surface area contributed by atoms with E-state index in [0.29, 0.717) is 6.42 Å². The van der Waals surface area contributed by atoms with Gasteiger partial charge < -0.3 is 36.6 Å². The molecular formula is C30H46N6O6S. The number of carbonyl (C=O) groups excluding carboxylic acids is 5. The SMILES string of the molecule is CSCC(NC(=O)C(Cc1c[nH]c2ccccc12)NC(=O)C(NC(C=O)CC(C)C)C(C)C)C(=O)NC(C(N)=O)C(C)O. The van der Waals surface area contributed by atoms with E-state index >= 15 is 0 Å². The lowest BCUT2D eigenvalue weighted by Crippen LogP contribution is -2.61. The molecule has 1 aromatic heterocycles. The van der Waals surface area contributed by atoms with E-state index < -0.39 is 59.9 Å². The quantitative estimate of drug-likeness (QED) is 0.118. The summed E-state index contributed by atoms with van der Waals surface area (Å²) in [6, 6.07) is 2.73. The van der Waals surface area contributed by atoms with Gasteiger partial charge in [0, 0.05) is 29.3 Å². The van der Waals surface area contributed by atoms with Crippen LogP contribution < -0.4 is 27.0 Å². The van der Waals surface area contributed by atoms with E-state index in [1.807, 2.05) is 52.0 Å². The van der Waals surface area contributed by atoms with Crippen molar-refractivity contribution in [3.8, 4) is 0 Å². The highest BCUT2D eigenvalue weighted by Crippen LogP contribution is 2.20. The first-order chi connectivity index (χ1) is 20.3. The van der Waals surface area contributed by atoms with Crippen molar-refractivity contribution in [1.29, 1.82) is 0 Å². The van der Waals surface area contributed by atoms with E-state index in [0.717, 1.165) is 22.8 Å². The third kappa shape index (κ3) is 10.7. The molecule has 0 fully saturated rings. The monoisotopic (exact) mass is 618 g/mol. The van der Waals surface area contributed by atoms with E-state index in [1.165, 1.54) is 18.7 Å². The standard InChI is InChI=1S/C30H46N6O6S/c1-16(2)11-20(14-37)33-25(17(3)4)30(42)34-23(12-19-13-32-22-10-8-7-9-21(19)22)28(40)35-24(15-43-6)29(41)36-26(18(5)38)27(31)39/h7-10,13-14,16-18,20,23-26,32-33,38H,11-12,15H2,1-6H3,(H2,31,39)(H,34,42)(H,35,40)(H,36,41). The van der Waals surface area contributed by atoms with E-state index in [2.05, 4.69) is 26.3 Å². The molecule has 2 rings (SSSR count). The highest BCUT2D eigenvalue weighted by molar-refractivity contribution is 7.98. The molecule has 0 aliphatic carbocycles. The van der Waals surface area contributed by atoms with Crippen LogP contribution in [0.4, 0.5) is 0 Å². The van der Waals surface area contributed by atoms with Crippen LogP contribution in [0.15, 0.2) is 30.5 Å². The fourth-order valence-electron chi connectivity index (χ4n) is 4.77. The van der Waals surface area contributed by atoms with Gasteiger partial charge in [-0.25, -0.2) is 0 Å². The Morgan fingerprint density at radius 1 is 0.953 bits per heavy atom. The molecule has 0 aliphatic rings. The van der Waals surface area contributed by atoms with Gasteiger partial charge in [0.25, 0.3) is 0 Å². The first-order valence-corrected chi connectivity index (χ1v) is 15.8. The second-order valence-corrected chi connectivity index (χ2v) is 12.4. The molecule has 12 nitrogen and oxygen atoms in total. The fourth-order valence-corrected chi connectivity index (χ4v) is 5.34. The molecule has 13 heteroatoms. The average Bonchev–Trinajstić information content (AvgIpc) is 3.34. The van der Waals surface area contributed by atoms with Crippen molar-refractivity contribution in [2.24, 2.45) is 17.6 Å². The number of aromatic amines is 1. The molecule has 0 radical (unpaired) electrons. The second kappa shape index (κ2) is 17.0. The van der Waals surface area contributed by atoms with Crippen molar-refractivity contribution >= 4 is 52.6 Å². The van der Waals surface area contributed by atoms with Crippen LogP contribution in [0.5, 0.6) is 0 Å². The minimum Gasteiger partial charge on any atom is -0.391 e. The van der Waals surface area contributed by atoms with Gasteiger partial charge in [0.2, 0.25) is 23.6 Å².